The van der Waals surface area contributed by atoms with Gasteiger partial charge in [-0.3, -0.25) is 9.69 Å². The van der Waals surface area contributed by atoms with Gasteiger partial charge in [0.1, 0.15) is 0 Å². The molecule has 1 amide bonds. The smallest absolute Gasteiger partial charge is 0.253 e. The van der Waals surface area contributed by atoms with Crippen LogP contribution in [0.4, 0.5) is 0 Å². The third-order valence-electron chi connectivity index (χ3n) is 4.92. The molecule has 9 heteroatoms. The zero-order valence-corrected chi connectivity index (χ0v) is 18.9. The van der Waals surface area contributed by atoms with Gasteiger partial charge in [-0.05, 0) is 31.3 Å². The van der Waals surface area contributed by atoms with Crippen LogP contribution in [-0.2, 0) is 22.0 Å². The summed E-state index contributed by atoms with van der Waals surface area (Å²) in [4.78, 5) is 21.8. The Hall–Kier alpha value is -1.81. The summed E-state index contributed by atoms with van der Waals surface area (Å²) in [6.07, 6.45) is 0. The highest BCUT2D eigenvalue weighted by atomic mass is 32.2. The molecular weight excluding hydrogens is 408 g/mol. The van der Waals surface area contributed by atoms with E-state index in [9.17, 15) is 13.2 Å². The number of carbonyl (C=O) groups is 1. The molecule has 0 aliphatic carbocycles. The van der Waals surface area contributed by atoms with Crippen LogP contribution in [0.5, 0.6) is 0 Å². The summed E-state index contributed by atoms with van der Waals surface area (Å²) in [5.41, 5.74) is 1.65. The minimum absolute atomic E-state index is 0.0656. The molecule has 7 nitrogen and oxygen atoms in total. The Morgan fingerprint density at radius 3 is 2.28 bits per heavy atom. The third-order valence-corrected chi connectivity index (χ3v) is 7.67. The van der Waals surface area contributed by atoms with Crippen molar-refractivity contribution >= 4 is 27.3 Å². The standard InChI is InChI=1S/C20H28N4O3S2/c1-20(2,3)19-22-16(14-28-19)13-23-9-11-24(12-10-23)18(25)15-5-7-17(8-6-15)29(26,27)21-4/h5-8,14,21H,9-13H2,1-4H3. The lowest BCUT2D eigenvalue weighted by Crippen LogP contribution is -2.48. The number of benzene rings is 1. The van der Waals surface area contributed by atoms with Gasteiger partial charge in [0.25, 0.3) is 5.91 Å². The number of nitrogens with one attached hydrogen (secondary N) is 1. The minimum atomic E-state index is -3.50. The van der Waals surface area contributed by atoms with Crippen LogP contribution >= 0.6 is 11.3 Å². The zero-order chi connectivity index (χ0) is 21.2. The largest absolute Gasteiger partial charge is 0.336 e. The number of carbonyl (C=O) groups excluding carboxylic acids is 1. The van der Waals surface area contributed by atoms with E-state index in [0.29, 0.717) is 18.7 Å². The molecule has 1 aliphatic heterocycles. The first-order valence-electron chi connectivity index (χ1n) is 9.60. The first kappa shape index (κ1) is 21.9. The fraction of sp³-hybridized carbons (Fsp3) is 0.500. The van der Waals surface area contributed by atoms with Crippen LogP contribution in [0.2, 0.25) is 0 Å². The normalized spacial score (nSPS) is 16.2. The SMILES string of the molecule is CNS(=O)(=O)c1ccc(C(=O)N2CCN(Cc3csc(C(C)(C)C)n3)CC2)cc1. The van der Waals surface area contributed by atoms with E-state index in [2.05, 4.69) is 35.8 Å². The van der Waals surface area contributed by atoms with Gasteiger partial charge in [-0.1, -0.05) is 20.8 Å². The van der Waals surface area contributed by atoms with E-state index >= 15 is 0 Å². The number of aromatic nitrogens is 1. The number of piperazine rings is 1. The second-order valence-electron chi connectivity index (χ2n) is 8.19. The van der Waals surface area contributed by atoms with Gasteiger partial charge in [0.15, 0.2) is 0 Å². The Kier molecular flexibility index (Phi) is 6.42. The van der Waals surface area contributed by atoms with Crippen LogP contribution in [0.15, 0.2) is 34.5 Å². The zero-order valence-electron chi connectivity index (χ0n) is 17.3. The molecule has 0 atom stereocenters. The Morgan fingerprint density at radius 1 is 1.14 bits per heavy atom. The molecule has 2 aromatic rings. The predicted molar refractivity (Wildman–Crippen MR) is 115 cm³/mol. The molecule has 2 heterocycles. The maximum Gasteiger partial charge on any atom is 0.253 e. The summed E-state index contributed by atoms with van der Waals surface area (Å²) in [7, 11) is -2.13. The lowest BCUT2D eigenvalue weighted by molar-refractivity contribution is 0.0627. The van der Waals surface area contributed by atoms with E-state index in [0.717, 1.165) is 30.3 Å². The molecule has 3 rings (SSSR count). The van der Waals surface area contributed by atoms with Crippen LogP contribution in [0.3, 0.4) is 0 Å². The molecule has 158 valence electrons. The molecule has 0 radical (unpaired) electrons. The van der Waals surface area contributed by atoms with Crippen LogP contribution in [0.25, 0.3) is 0 Å². The van der Waals surface area contributed by atoms with Gasteiger partial charge in [-0.2, -0.15) is 0 Å². The maximum absolute atomic E-state index is 12.7. The van der Waals surface area contributed by atoms with Crippen LogP contribution in [0.1, 0.15) is 41.8 Å². The summed E-state index contributed by atoms with van der Waals surface area (Å²) in [5.74, 6) is -0.0678. The molecule has 1 N–H and O–H groups in total. The Labute approximate surface area is 176 Å². The number of amides is 1. The Bertz CT molecular complexity index is 954. The van der Waals surface area contributed by atoms with Crippen molar-refractivity contribution in [1.29, 1.82) is 0 Å². The highest BCUT2D eigenvalue weighted by Crippen LogP contribution is 2.26. The van der Waals surface area contributed by atoms with Crippen molar-refractivity contribution in [3.63, 3.8) is 0 Å². The summed E-state index contributed by atoms with van der Waals surface area (Å²) in [6.45, 7) is 10.2. The number of thiazole rings is 1. The number of sulfonamides is 1. The van der Waals surface area contributed by atoms with Crippen molar-refractivity contribution < 1.29 is 13.2 Å². The summed E-state index contributed by atoms with van der Waals surface area (Å²) in [5, 5.41) is 3.27. The highest BCUT2D eigenvalue weighted by Gasteiger charge is 2.24. The van der Waals surface area contributed by atoms with Crippen molar-refractivity contribution in [2.75, 3.05) is 33.2 Å². The van der Waals surface area contributed by atoms with Crippen molar-refractivity contribution in [3.8, 4) is 0 Å². The van der Waals surface area contributed by atoms with E-state index in [1.165, 1.54) is 19.2 Å². The molecule has 1 aromatic heterocycles. The van der Waals surface area contributed by atoms with Gasteiger partial charge < -0.3 is 4.90 Å². The topological polar surface area (TPSA) is 82.6 Å². The van der Waals surface area contributed by atoms with Gasteiger partial charge in [-0.25, -0.2) is 18.1 Å². The van der Waals surface area contributed by atoms with Crippen LogP contribution in [0, 0.1) is 0 Å². The number of nitrogens with zero attached hydrogens (tertiary/aromatic N) is 3. The molecule has 1 aliphatic rings. The third kappa shape index (κ3) is 5.22. The quantitative estimate of drug-likeness (QED) is 0.778. The highest BCUT2D eigenvalue weighted by molar-refractivity contribution is 7.89. The molecule has 1 aromatic carbocycles. The van der Waals surface area contributed by atoms with Crippen molar-refractivity contribution in [2.45, 2.75) is 37.6 Å². The van der Waals surface area contributed by atoms with E-state index in [1.54, 1.807) is 23.5 Å². The van der Waals surface area contributed by atoms with Crippen LogP contribution < -0.4 is 4.72 Å². The summed E-state index contributed by atoms with van der Waals surface area (Å²) < 4.78 is 25.9. The van der Waals surface area contributed by atoms with Crippen molar-refractivity contribution in [2.24, 2.45) is 0 Å². The van der Waals surface area contributed by atoms with E-state index in [4.69, 9.17) is 4.98 Å². The first-order valence-corrected chi connectivity index (χ1v) is 12.0. The van der Waals surface area contributed by atoms with Crippen molar-refractivity contribution in [1.82, 2.24) is 19.5 Å². The molecule has 0 spiro atoms. The maximum atomic E-state index is 12.7. The van der Waals surface area contributed by atoms with Gasteiger partial charge in [0, 0.05) is 49.1 Å². The average Bonchev–Trinajstić information content (AvgIpc) is 3.17. The van der Waals surface area contributed by atoms with Gasteiger partial charge in [0.05, 0.1) is 15.6 Å². The van der Waals surface area contributed by atoms with E-state index in [-0.39, 0.29) is 16.2 Å². The van der Waals surface area contributed by atoms with Gasteiger partial charge in [-0.15, -0.1) is 11.3 Å². The fourth-order valence-corrected chi connectivity index (χ4v) is 4.77. The minimum Gasteiger partial charge on any atom is -0.336 e. The number of hydrogen-bond donors (Lipinski definition) is 1. The molecule has 0 bridgehead atoms. The molecule has 0 unspecified atom stereocenters. The van der Waals surface area contributed by atoms with Gasteiger partial charge in [0.2, 0.25) is 10.0 Å². The Balaban J connectivity index is 1.56. The van der Waals surface area contributed by atoms with Crippen molar-refractivity contribution in [3.05, 3.63) is 45.9 Å². The second-order valence-corrected chi connectivity index (χ2v) is 10.9. The monoisotopic (exact) mass is 436 g/mol. The average molecular weight is 437 g/mol. The second kappa shape index (κ2) is 8.51. The van der Waals surface area contributed by atoms with E-state index in [1.807, 2.05) is 4.90 Å². The summed E-state index contributed by atoms with van der Waals surface area (Å²) >= 11 is 1.70. The molecular formula is C20H28N4O3S2. The lowest BCUT2D eigenvalue weighted by atomic mass is 9.98. The lowest BCUT2D eigenvalue weighted by Gasteiger charge is -2.34. The van der Waals surface area contributed by atoms with Crippen LogP contribution in [-0.4, -0.2) is 62.3 Å². The predicted octanol–water partition coefficient (Wildman–Crippen LogP) is 2.31. The number of rotatable bonds is 5. The Morgan fingerprint density at radius 2 is 1.76 bits per heavy atom. The molecule has 29 heavy (non-hydrogen) atoms. The van der Waals surface area contributed by atoms with Gasteiger partial charge >= 0.3 is 0 Å². The molecule has 0 saturated carbocycles. The first-order chi connectivity index (χ1) is 13.6. The fourth-order valence-electron chi connectivity index (χ4n) is 3.14. The number of hydrogen-bond acceptors (Lipinski definition) is 6. The molecule has 1 fully saturated rings. The summed E-state index contributed by atoms with van der Waals surface area (Å²) in [6, 6.07) is 6.07. The van der Waals surface area contributed by atoms with E-state index < -0.39 is 10.0 Å². The molecule has 1 saturated heterocycles.